The van der Waals surface area contributed by atoms with Crippen LogP contribution in [0.2, 0.25) is 0 Å². The average Bonchev–Trinajstić information content (AvgIpc) is 3.38. The lowest BCUT2D eigenvalue weighted by Crippen LogP contribution is -2.35. The molecule has 0 saturated heterocycles. The minimum absolute atomic E-state index is 0.0609. The SMILES string of the molecule is COc1ccc(-c2cc(C(F)F)n3ncc(C(=O)N4c5ccccc5CC4C)c3n2)cc1. The molecule has 5 rings (SSSR count). The van der Waals surface area contributed by atoms with Gasteiger partial charge in [-0.3, -0.25) is 4.79 Å². The quantitative estimate of drug-likeness (QED) is 0.457. The summed E-state index contributed by atoms with van der Waals surface area (Å²) in [7, 11) is 1.55. The molecule has 0 aliphatic carbocycles. The van der Waals surface area contributed by atoms with E-state index in [9.17, 15) is 13.6 Å². The summed E-state index contributed by atoms with van der Waals surface area (Å²) in [6.07, 6.45) is -0.734. The number of alkyl halides is 2. The van der Waals surface area contributed by atoms with Crippen molar-refractivity contribution in [1.29, 1.82) is 0 Å². The lowest BCUT2D eigenvalue weighted by atomic mass is 10.1. The number of anilines is 1. The summed E-state index contributed by atoms with van der Waals surface area (Å²) in [4.78, 5) is 19.8. The second kappa shape index (κ2) is 7.71. The molecule has 0 bridgehead atoms. The van der Waals surface area contributed by atoms with Crippen LogP contribution < -0.4 is 9.64 Å². The number of aromatic nitrogens is 3. The number of hydrogen-bond acceptors (Lipinski definition) is 4. The number of halogens is 2. The fraction of sp³-hybridized carbons (Fsp3) is 0.208. The van der Waals surface area contributed by atoms with Gasteiger partial charge in [0.05, 0.1) is 19.0 Å². The van der Waals surface area contributed by atoms with Gasteiger partial charge in [0.15, 0.2) is 5.65 Å². The van der Waals surface area contributed by atoms with E-state index in [0.717, 1.165) is 22.2 Å². The molecule has 1 amide bonds. The van der Waals surface area contributed by atoms with Crippen molar-refractivity contribution < 1.29 is 18.3 Å². The molecule has 8 heteroatoms. The van der Waals surface area contributed by atoms with Gasteiger partial charge in [0.2, 0.25) is 0 Å². The molecule has 6 nitrogen and oxygen atoms in total. The maximum atomic E-state index is 13.9. The first-order chi connectivity index (χ1) is 15.5. The van der Waals surface area contributed by atoms with Crippen molar-refractivity contribution in [3.05, 3.63) is 77.6 Å². The molecule has 1 aliphatic rings. The van der Waals surface area contributed by atoms with Gasteiger partial charge in [-0.25, -0.2) is 18.3 Å². The molecule has 162 valence electrons. The molecule has 4 aromatic rings. The number of fused-ring (bicyclic) bond motifs is 2. The first-order valence-electron chi connectivity index (χ1n) is 10.2. The molecule has 0 spiro atoms. The van der Waals surface area contributed by atoms with Gasteiger partial charge in [-0.15, -0.1) is 0 Å². The second-order valence-electron chi connectivity index (χ2n) is 7.75. The Labute approximate surface area is 183 Å². The minimum atomic E-state index is -2.79. The van der Waals surface area contributed by atoms with Crippen molar-refractivity contribution >= 4 is 17.2 Å². The third-order valence-electron chi connectivity index (χ3n) is 5.77. The van der Waals surface area contributed by atoms with Gasteiger partial charge in [-0.05, 0) is 55.3 Å². The van der Waals surface area contributed by atoms with Crippen LogP contribution in [-0.4, -0.2) is 33.7 Å². The van der Waals surface area contributed by atoms with Crippen LogP contribution in [0.1, 0.15) is 35.0 Å². The normalized spacial score (nSPS) is 15.4. The van der Waals surface area contributed by atoms with E-state index in [0.29, 0.717) is 17.0 Å². The molecular weight excluding hydrogens is 414 g/mol. The first kappa shape index (κ1) is 20.1. The highest BCUT2D eigenvalue weighted by atomic mass is 19.3. The number of rotatable bonds is 4. The largest absolute Gasteiger partial charge is 0.497 e. The first-order valence-corrected chi connectivity index (χ1v) is 10.2. The summed E-state index contributed by atoms with van der Waals surface area (Å²) in [6, 6.07) is 15.9. The summed E-state index contributed by atoms with van der Waals surface area (Å²) in [5.41, 5.74) is 2.83. The Hall–Kier alpha value is -3.81. The summed E-state index contributed by atoms with van der Waals surface area (Å²) in [5.74, 6) is 0.336. The summed E-state index contributed by atoms with van der Waals surface area (Å²) in [6.45, 7) is 1.96. The number of benzene rings is 2. The molecule has 0 fully saturated rings. The topological polar surface area (TPSA) is 59.7 Å². The lowest BCUT2D eigenvalue weighted by molar-refractivity contribution is 0.0982. The highest BCUT2D eigenvalue weighted by Crippen LogP contribution is 2.34. The van der Waals surface area contributed by atoms with E-state index in [1.807, 2.05) is 31.2 Å². The Bertz CT molecular complexity index is 1320. The van der Waals surface area contributed by atoms with E-state index in [1.165, 1.54) is 12.3 Å². The summed E-state index contributed by atoms with van der Waals surface area (Å²) < 4.78 is 34.0. The summed E-state index contributed by atoms with van der Waals surface area (Å²) >= 11 is 0. The number of nitrogens with zero attached hydrogens (tertiary/aromatic N) is 4. The van der Waals surface area contributed by atoms with Gasteiger partial charge >= 0.3 is 0 Å². The van der Waals surface area contributed by atoms with Crippen molar-refractivity contribution in [3.8, 4) is 17.0 Å². The predicted molar refractivity (Wildman–Crippen MR) is 116 cm³/mol. The smallest absolute Gasteiger partial charge is 0.280 e. The number of ether oxygens (including phenoxy) is 1. The van der Waals surface area contributed by atoms with Crippen LogP contribution in [0.5, 0.6) is 5.75 Å². The molecule has 0 N–H and O–H groups in total. The number of carbonyl (C=O) groups excluding carboxylic acids is 1. The number of amides is 1. The molecule has 1 aliphatic heterocycles. The lowest BCUT2D eigenvalue weighted by Gasteiger charge is -2.22. The highest BCUT2D eigenvalue weighted by Gasteiger charge is 2.33. The van der Waals surface area contributed by atoms with E-state index >= 15 is 0 Å². The Kier molecular flexibility index (Phi) is 4.84. The third-order valence-corrected chi connectivity index (χ3v) is 5.77. The number of hydrogen-bond donors (Lipinski definition) is 0. The molecule has 32 heavy (non-hydrogen) atoms. The Morgan fingerprint density at radius 3 is 2.62 bits per heavy atom. The number of carbonyl (C=O) groups is 1. The second-order valence-corrected chi connectivity index (χ2v) is 7.75. The van der Waals surface area contributed by atoms with Crippen molar-refractivity contribution in [2.45, 2.75) is 25.8 Å². The fourth-order valence-electron chi connectivity index (χ4n) is 4.21. The Balaban J connectivity index is 1.64. The van der Waals surface area contributed by atoms with E-state index in [4.69, 9.17) is 4.74 Å². The van der Waals surface area contributed by atoms with Crippen LogP contribution >= 0.6 is 0 Å². The van der Waals surface area contributed by atoms with E-state index in [1.54, 1.807) is 36.3 Å². The standard InChI is InChI=1S/C24H20F2N4O2/c1-14-11-16-5-3-4-6-20(16)29(14)24(31)18-13-27-30-21(22(25)26)12-19(28-23(18)30)15-7-9-17(32-2)10-8-15/h3-10,12-14,22H,11H2,1-2H3. The fourth-order valence-corrected chi connectivity index (χ4v) is 4.21. The monoisotopic (exact) mass is 434 g/mol. The van der Waals surface area contributed by atoms with Crippen molar-refractivity contribution in [2.75, 3.05) is 12.0 Å². The highest BCUT2D eigenvalue weighted by molar-refractivity contribution is 6.11. The Morgan fingerprint density at radius 1 is 1.16 bits per heavy atom. The van der Waals surface area contributed by atoms with Gasteiger partial charge in [-0.1, -0.05) is 18.2 Å². The molecular formula is C24H20F2N4O2. The van der Waals surface area contributed by atoms with Crippen molar-refractivity contribution in [2.24, 2.45) is 0 Å². The maximum absolute atomic E-state index is 13.9. The van der Waals surface area contributed by atoms with Crippen LogP contribution in [0, 0.1) is 0 Å². The maximum Gasteiger partial charge on any atom is 0.280 e. The van der Waals surface area contributed by atoms with Gasteiger partial charge in [0.1, 0.15) is 17.0 Å². The van der Waals surface area contributed by atoms with E-state index in [2.05, 4.69) is 10.1 Å². The van der Waals surface area contributed by atoms with Crippen molar-refractivity contribution in [1.82, 2.24) is 14.6 Å². The predicted octanol–water partition coefficient (Wildman–Crippen LogP) is 4.93. The molecule has 1 unspecified atom stereocenters. The third kappa shape index (κ3) is 3.19. The van der Waals surface area contributed by atoms with Crippen LogP contribution in [-0.2, 0) is 6.42 Å². The van der Waals surface area contributed by atoms with E-state index in [-0.39, 0.29) is 28.9 Å². The molecule has 0 saturated carbocycles. The minimum Gasteiger partial charge on any atom is -0.497 e. The average molecular weight is 434 g/mol. The molecule has 2 aromatic heterocycles. The Morgan fingerprint density at radius 2 is 1.91 bits per heavy atom. The van der Waals surface area contributed by atoms with Gasteiger partial charge in [-0.2, -0.15) is 5.10 Å². The van der Waals surface area contributed by atoms with Crippen LogP contribution in [0.4, 0.5) is 14.5 Å². The van der Waals surface area contributed by atoms with Crippen LogP contribution in [0.15, 0.2) is 60.8 Å². The number of para-hydroxylation sites is 1. The molecule has 3 heterocycles. The number of methoxy groups -OCH3 is 1. The zero-order valence-electron chi connectivity index (χ0n) is 17.5. The van der Waals surface area contributed by atoms with E-state index < -0.39 is 6.43 Å². The molecule has 2 aromatic carbocycles. The molecule has 1 atom stereocenters. The molecule has 0 radical (unpaired) electrons. The van der Waals surface area contributed by atoms with Crippen LogP contribution in [0.3, 0.4) is 0 Å². The van der Waals surface area contributed by atoms with Crippen LogP contribution in [0.25, 0.3) is 16.9 Å². The zero-order chi connectivity index (χ0) is 22.4. The van der Waals surface area contributed by atoms with Gasteiger partial charge < -0.3 is 9.64 Å². The van der Waals surface area contributed by atoms with Gasteiger partial charge in [0, 0.05) is 17.3 Å². The zero-order valence-corrected chi connectivity index (χ0v) is 17.5. The van der Waals surface area contributed by atoms with Gasteiger partial charge in [0.25, 0.3) is 12.3 Å². The van der Waals surface area contributed by atoms with Crippen molar-refractivity contribution in [3.63, 3.8) is 0 Å². The summed E-state index contributed by atoms with van der Waals surface area (Å²) in [5, 5.41) is 4.08.